The fourth-order valence-electron chi connectivity index (χ4n) is 3.36. The number of likely N-dealkylation sites (tertiary alicyclic amines) is 1. The Bertz CT molecular complexity index is 714. The number of aryl methyl sites for hydroxylation is 2. The van der Waals surface area contributed by atoms with Crippen LogP contribution >= 0.6 is 0 Å². The van der Waals surface area contributed by atoms with Gasteiger partial charge in [-0.1, -0.05) is 12.1 Å². The molecule has 5 heteroatoms. The molecule has 24 heavy (non-hydrogen) atoms. The monoisotopic (exact) mass is 326 g/mol. The summed E-state index contributed by atoms with van der Waals surface area (Å²) >= 11 is 0. The van der Waals surface area contributed by atoms with Crippen molar-refractivity contribution in [3.05, 3.63) is 52.8 Å². The van der Waals surface area contributed by atoms with Crippen LogP contribution in [0.1, 0.15) is 40.2 Å². The molecule has 0 saturated carbocycles. The van der Waals surface area contributed by atoms with E-state index in [9.17, 15) is 4.79 Å². The Morgan fingerprint density at radius 1 is 1.25 bits per heavy atom. The van der Waals surface area contributed by atoms with Crippen LogP contribution in [-0.2, 0) is 6.54 Å². The topological polar surface area (TPSA) is 64.2 Å². The number of hydrogen-bond donors (Lipinski definition) is 1. The zero-order chi connectivity index (χ0) is 17.1. The van der Waals surface area contributed by atoms with E-state index in [1.165, 1.54) is 0 Å². The molecule has 1 aromatic carbocycles. The van der Waals surface area contributed by atoms with Crippen molar-refractivity contribution in [2.24, 2.45) is 11.7 Å². The number of aromatic nitrogens is 2. The minimum Gasteiger partial charge on any atom is -0.339 e. The molecular weight excluding hydrogens is 300 g/mol. The predicted octanol–water partition coefficient (Wildman–Crippen LogP) is 2.36. The molecule has 5 nitrogen and oxygen atoms in total. The van der Waals surface area contributed by atoms with Crippen LogP contribution in [0.2, 0.25) is 0 Å². The van der Waals surface area contributed by atoms with Crippen molar-refractivity contribution in [1.29, 1.82) is 0 Å². The number of hydrogen-bond acceptors (Lipinski definition) is 3. The number of nitrogens with two attached hydrogens (primary N) is 1. The van der Waals surface area contributed by atoms with Gasteiger partial charge in [0.05, 0.1) is 12.2 Å². The van der Waals surface area contributed by atoms with Crippen LogP contribution < -0.4 is 5.73 Å². The maximum atomic E-state index is 12.7. The predicted molar refractivity (Wildman–Crippen MR) is 94.9 cm³/mol. The van der Waals surface area contributed by atoms with Crippen LogP contribution in [0, 0.1) is 19.8 Å². The molecule has 2 heterocycles. The quantitative estimate of drug-likeness (QED) is 0.938. The van der Waals surface area contributed by atoms with E-state index in [2.05, 4.69) is 18.1 Å². The van der Waals surface area contributed by atoms with Gasteiger partial charge in [-0.2, -0.15) is 5.10 Å². The third-order valence-corrected chi connectivity index (χ3v) is 4.84. The van der Waals surface area contributed by atoms with Gasteiger partial charge in [0.2, 0.25) is 0 Å². The molecular formula is C19H26N4O. The van der Waals surface area contributed by atoms with Gasteiger partial charge in [-0.05, 0) is 62.9 Å². The van der Waals surface area contributed by atoms with E-state index in [1.807, 2.05) is 40.8 Å². The zero-order valence-electron chi connectivity index (χ0n) is 14.5. The molecule has 2 N–H and O–H groups in total. The van der Waals surface area contributed by atoms with E-state index >= 15 is 0 Å². The molecule has 1 aliphatic rings. The lowest BCUT2D eigenvalue weighted by Crippen LogP contribution is -2.40. The summed E-state index contributed by atoms with van der Waals surface area (Å²) in [4.78, 5) is 14.7. The third-order valence-electron chi connectivity index (χ3n) is 4.84. The Labute approximate surface area is 143 Å². The highest BCUT2D eigenvalue weighted by molar-refractivity contribution is 5.94. The second-order valence-corrected chi connectivity index (χ2v) is 6.76. The first-order valence-corrected chi connectivity index (χ1v) is 8.66. The number of carbonyl (C=O) groups excluding carboxylic acids is 1. The summed E-state index contributed by atoms with van der Waals surface area (Å²) in [6.45, 7) is 7.08. The molecule has 3 rings (SSSR count). The summed E-state index contributed by atoms with van der Waals surface area (Å²) in [5.74, 6) is 0.687. The molecule has 0 unspecified atom stereocenters. The normalized spacial score (nSPS) is 15.7. The number of rotatable bonds is 4. The summed E-state index contributed by atoms with van der Waals surface area (Å²) in [6, 6.07) is 9.97. The number of carbonyl (C=O) groups is 1. The van der Waals surface area contributed by atoms with Gasteiger partial charge in [-0.15, -0.1) is 0 Å². The molecule has 0 radical (unpaired) electrons. The largest absolute Gasteiger partial charge is 0.339 e. The third kappa shape index (κ3) is 3.67. The van der Waals surface area contributed by atoms with Gasteiger partial charge in [-0.3, -0.25) is 9.48 Å². The summed E-state index contributed by atoms with van der Waals surface area (Å²) in [5, 5.41) is 4.50. The van der Waals surface area contributed by atoms with Gasteiger partial charge in [0, 0.05) is 24.3 Å². The lowest BCUT2D eigenvalue weighted by Gasteiger charge is -2.31. The van der Waals surface area contributed by atoms with Crippen molar-refractivity contribution >= 4 is 5.91 Å². The van der Waals surface area contributed by atoms with Crippen molar-refractivity contribution in [1.82, 2.24) is 14.7 Å². The number of nitrogens with zero attached hydrogens (tertiary/aromatic N) is 3. The Hall–Kier alpha value is -2.14. The molecule has 128 valence electrons. The van der Waals surface area contributed by atoms with Gasteiger partial charge < -0.3 is 10.6 Å². The zero-order valence-corrected chi connectivity index (χ0v) is 14.5. The van der Waals surface area contributed by atoms with Crippen LogP contribution in [0.15, 0.2) is 30.3 Å². The summed E-state index contributed by atoms with van der Waals surface area (Å²) < 4.78 is 1.98. The number of benzene rings is 1. The van der Waals surface area contributed by atoms with Crippen LogP contribution in [0.25, 0.3) is 0 Å². The highest BCUT2D eigenvalue weighted by Gasteiger charge is 2.22. The summed E-state index contributed by atoms with van der Waals surface area (Å²) in [5.41, 5.74) is 9.74. The summed E-state index contributed by atoms with van der Waals surface area (Å²) in [6.07, 6.45) is 2.02. The fourth-order valence-corrected chi connectivity index (χ4v) is 3.36. The molecule has 1 aromatic heterocycles. The molecule has 1 fully saturated rings. The van der Waals surface area contributed by atoms with Crippen LogP contribution in [0.3, 0.4) is 0 Å². The summed E-state index contributed by atoms with van der Waals surface area (Å²) in [7, 11) is 0. The molecule has 0 atom stereocenters. The van der Waals surface area contributed by atoms with Gasteiger partial charge in [0.25, 0.3) is 5.91 Å². The SMILES string of the molecule is Cc1cc(C)n(Cc2cccc(C(=O)N3CCC(CN)CC3)c2)n1. The van der Waals surface area contributed by atoms with Gasteiger partial charge >= 0.3 is 0 Å². The van der Waals surface area contributed by atoms with E-state index in [-0.39, 0.29) is 5.91 Å². The minimum atomic E-state index is 0.126. The van der Waals surface area contributed by atoms with E-state index in [1.54, 1.807) is 0 Å². The van der Waals surface area contributed by atoms with E-state index in [0.29, 0.717) is 12.5 Å². The van der Waals surface area contributed by atoms with Gasteiger partial charge in [-0.25, -0.2) is 0 Å². The standard InChI is InChI=1S/C19H26N4O/c1-14-10-15(2)23(21-14)13-17-4-3-5-18(11-17)19(24)22-8-6-16(12-20)7-9-22/h3-5,10-11,16H,6-9,12-13,20H2,1-2H3. The average Bonchev–Trinajstić information content (AvgIpc) is 2.92. The Morgan fingerprint density at radius 3 is 2.62 bits per heavy atom. The molecule has 1 saturated heterocycles. The molecule has 0 bridgehead atoms. The minimum absolute atomic E-state index is 0.126. The van der Waals surface area contributed by atoms with Crippen LogP contribution in [0.4, 0.5) is 0 Å². The molecule has 1 aliphatic heterocycles. The first-order valence-electron chi connectivity index (χ1n) is 8.66. The van der Waals surface area contributed by atoms with E-state index in [0.717, 1.165) is 55.0 Å². The van der Waals surface area contributed by atoms with Gasteiger partial charge in [0.1, 0.15) is 0 Å². The Kier molecular flexibility index (Phi) is 5.00. The maximum absolute atomic E-state index is 12.7. The highest BCUT2D eigenvalue weighted by atomic mass is 16.2. The molecule has 2 aromatic rings. The number of amides is 1. The lowest BCUT2D eigenvalue weighted by atomic mass is 9.96. The molecule has 1 amide bonds. The second kappa shape index (κ2) is 7.18. The highest BCUT2D eigenvalue weighted by Crippen LogP contribution is 2.19. The molecule has 0 spiro atoms. The fraction of sp³-hybridized carbons (Fsp3) is 0.474. The van der Waals surface area contributed by atoms with E-state index in [4.69, 9.17) is 5.73 Å². The molecule has 0 aliphatic carbocycles. The Morgan fingerprint density at radius 2 is 2.00 bits per heavy atom. The van der Waals surface area contributed by atoms with Crippen molar-refractivity contribution in [3.8, 4) is 0 Å². The van der Waals surface area contributed by atoms with Crippen LogP contribution in [0.5, 0.6) is 0 Å². The average molecular weight is 326 g/mol. The lowest BCUT2D eigenvalue weighted by molar-refractivity contribution is 0.0693. The Balaban J connectivity index is 1.71. The van der Waals surface area contributed by atoms with Crippen molar-refractivity contribution < 1.29 is 4.79 Å². The van der Waals surface area contributed by atoms with Crippen LogP contribution in [-0.4, -0.2) is 40.2 Å². The maximum Gasteiger partial charge on any atom is 0.253 e. The smallest absolute Gasteiger partial charge is 0.253 e. The van der Waals surface area contributed by atoms with Crippen molar-refractivity contribution in [2.45, 2.75) is 33.2 Å². The first kappa shape index (κ1) is 16.7. The van der Waals surface area contributed by atoms with E-state index < -0.39 is 0 Å². The second-order valence-electron chi connectivity index (χ2n) is 6.76. The van der Waals surface area contributed by atoms with Crippen molar-refractivity contribution in [3.63, 3.8) is 0 Å². The first-order chi connectivity index (χ1) is 11.6. The number of piperidine rings is 1. The van der Waals surface area contributed by atoms with Gasteiger partial charge in [0.15, 0.2) is 0 Å². The van der Waals surface area contributed by atoms with Crippen molar-refractivity contribution in [2.75, 3.05) is 19.6 Å².